The second-order valence-corrected chi connectivity index (χ2v) is 7.88. The minimum Gasteiger partial charge on any atom is -0.377 e. The molecule has 9 heteroatoms. The number of alkyl halides is 3. The quantitative estimate of drug-likeness (QED) is 0.851. The zero-order valence-corrected chi connectivity index (χ0v) is 13.7. The summed E-state index contributed by atoms with van der Waals surface area (Å²) in [6.07, 6.45) is -3.68. The van der Waals surface area contributed by atoms with Crippen molar-refractivity contribution in [1.29, 1.82) is 0 Å². The van der Waals surface area contributed by atoms with Crippen molar-refractivity contribution in [3.05, 3.63) is 39.9 Å². The van der Waals surface area contributed by atoms with E-state index in [1.54, 1.807) is 0 Å². The van der Waals surface area contributed by atoms with E-state index in [2.05, 4.69) is 0 Å². The number of rotatable bonds is 5. The maximum atomic E-state index is 13.0. The van der Waals surface area contributed by atoms with Crippen molar-refractivity contribution in [2.45, 2.75) is 18.2 Å². The van der Waals surface area contributed by atoms with Gasteiger partial charge in [-0.15, -0.1) is 0 Å². The van der Waals surface area contributed by atoms with Crippen LogP contribution < -0.4 is 0 Å². The van der Waals surface area contributed by atoms with Crippen molar-refractivity contribution >= 4 is 39.1 Å². The number of aliphatic hydroxyl groups is 1. The van der Waals surface area contributed by atoms with Crippen LogP contribution in [0.2, 0.25) is 10.0 Å². The van der Waals surface area contributed by atoms with Gasteiger partial charge in [0, 0.05) is 12.7 Å². The van der Waals surface area contributed by atoms with E-state index in [1.165, 1.54) is 18.2 Å². The van der Waals surface area contributed by atoms with Crippen molar-refractivity contribution in [2.75, 3.05) is 12.0 Å². The first-order chi connectivity index (χ1) is 9.84. The first-order valence-corrected chi connectivity index (χ1v) is 8.77. The van der Waals surface area contributed by atoms with Crippen molar-refractivity contribution in [3.63, 3.8) is 0 Å². The highest BCUT2D eigenvalue weighted by atomic mass is 35.5. The number of benzene rings is 1. The normalized spacial score (nSPS) is 16.0. The molecule has 0 aliphatic carbocycles. The summed E-state index contributed by atoms with van der Waals surface area (Å²) in [5, 5.41) is 10.1. The van der Waals surface area contributed by atoms with Crippen LogP contribution in [-0.4, -0.2) is 37.3 Å². The molecule has 0 saturated carbocycles. The van der Waals surface area contributed by atoms with Crippen LogP contribution in [0.15, 0.2) is 24.3 Å². The molecule has 0 heterocycles. The van der Waals surface area contributed by atoms with Gasteiger partial charge in [0.05, 0.1) is 15.8 Å². The molecule has 124 valence electrons. The topological polar surface area (TPSA) is 54.4 Å². The van der Waals surface area contributed by atoms with Crippen molar-refractivity contribution in [1.82, 2.24) is 0 Å². The Morgan fingerprint density at radius 1 is 1.23 bits per heavy atom. The first kappa shape index (κ1) is 19.3. The zero-order valence-electron chi connectivity index (χ0n) is 11.4. The fourth-order valence-corrected chi connectivity index (χ4v) is 2.50. The fraction of sp³-hybridized carbons (Fsp3) is 0.385. The van der Waals surface area contributed by atoms with Crippen LogP contribution in [0.4, 0.5) is 13.2 Å². The Kier molecular flexibility index (Phi) is 5.94. The molecule has 0 bridgehead atoms. The zero-order chi connectivity index (χ0) is 17.2. The van der Waals surface area contributed by atoms with Crippen molar-refractivity contribution < 1.29 is 26.7 Å². The third kappa shape index (κ3) is 5.46. The van der Waals surface area contributed by atoms with Gasteiger partial charge in [-0.3, -0.25) is 0 Å². The molecule has 0 aliphatic heterocycles. The summed E-state index contributed by atoms with van der Waals surface area (Å²) in [5.74, 6) is -0.797. The first-order valence-electron chi connectivity index (χ1n) is 5.95. The lowest BCUT2D eigenvalue weighted by atomic mass is 9.98. The molecule has 3 nitrogen and oxygen atoms in total. The molecule has 1 rings (SSSR count). The molecule has 0 spiro atoms. The molecule has 0 aliphatic rings. The predicted molar refractivity (Wildman–Crippen MR) is 80.8 cm³/mol. The van der Waals surface area contributed by atoms with Gasteiger partial charge < -0.3 is 5.11 Å². The molecule has 22 heavy (non-hydrogen) atoms. The minimum absolute atomic E-state index is 0.149. The fourth-order valence-electron chi connectivity index (χ4n) is 1.51. The maximum absolute atomic E-state index is 13.0. The van der Waals surface area contributed by atoms with E-state index in [4.69, 9.17) is 23.2 Å². The standard InChI is InChI=1S/C13H13Cl2F3O3S/c1-22(20,21)7-6-12(19,13(16,17)18)5-4-9-2-3-10(14)11(15)8-9/h2-5,8,19H,6-7H2,1H3/b5-4+. The van der Waals surface area contributed by atoms with Crippen molar-refractivity contribution in [2.24, 2.45) is 0 Å². The molecule has 1 atom stereocenters. The Morgan fingerprint density at radius 3 is 2.27 bits per heavy atom. The number of sulfone groups is 1. The summed E-state index contributed by atoms with van der Waals surface area (Å²) >= 11 is 11.4. The minimum atomic E-state index is -5.01. The van der Waals surface area contributed by atoms with Gasteiger partial charge in [-0.2, -0.15) is 13.2 Å². The largest absolute Gasteiger partial charge is 0.420 e. The Bertz CT molecular complexity index is 672. The van der Waals surface area contributed by atoms with E-state index in [9.17, 15) is 26.7 Å². The van der Waals surface area contributed by atoms with Gasteiger partial charge in [0.2, 0.25) is 0 Å². The highest BCUT2D eigenvalue weighted by Crippen LogP contribution is 2.35. The van der Waals surface area contributed by atoms with Gasteiger partial charge >= 0.3 is 6.18 Å². The second-order valence-electron chi connectivity index (χ2n) is 4.81. The highest BCUT2D eigenvalue weighted by molar-refractivity contribution is 7.90. The highest BCUT2D eigenvalue weighted by Gasteiger charge is 2.51. The van der Waals surface area contributed by atoms with Gasteiger partial charge in [-0.25, -0.2) is 8.42 Å². The molecule has 1 aromatic rings. The third-order valence-corrected chi connectivity index (χ3v) is 4.52. The van der Waals surface area contributed by atoms with Crippen LogP contribution in [0.1, 0.15) is 12.0 Å². The molecule has 1 N–H and O–H groups in total. The van der Waals surface area contributed by atoms with Gasteiger partial charge in [-0.1, -0.05) is 35.3 Å². The summed E-state index contributed by atoms with van der Waals surface area (Å²) in [6, 6.07) is 4.14. The van der Waals surface area contributed by atoms with E-state index in [0.29, 0.717) is 6.08 Å². The lowest BCUT2D eigenvalue weighted by molar-refractivity contribution is -0.239. The number of hydrogen-bond donors (Lipinski definition) is 1. The predicted octanol–water partition coefficient (Wildman–Crippen LogP) is 3.73. The lowest BCUT2D eigenvalue weighted by Crippen LogP contribution is -2.44. The number of halogens is 5. The smallest absolute Gasteiger partial charge is 0.377 e. The summed E-state index contributed by atoms with van der Waals surface area (Å²) in [7, 11) is -3.65. The average molecular weight is 377 g/mol. The van der Waals surface area contributed by atoms with E-state index in [1.807, 2.05) is 0 Å². The van der Waals surface area contributed by atoms with Gasteiger partial charge in [-0.05, 0) is 23.8 Å². The monoisotopic (exact) mass is 376 g/mol. The van der Waals surface area contributed by atoms with E-state index in [0.717, 1.165) is 12.3 Å². The molecule has 0 aromatic heterocycles. The Hall–Kier alpha value is -0.760. The summed E-state index contributed by atoms with van der Waals surface area (Å²) in [5.41, 5.74) is -2.96. The summed E-state index contributed by atoms with van der Waals surface area (Å²) < 4.78 is 61.0. The van der Waals surface area contributed by atoms with Crippen LogP contribution in [0.5, 0.6) is 0 Å². The van der Waals surface area contributed by atoms with Crippen LogP contribution in [0.25, 0.3) is 6.08 Å². The van der Waals surface area contributed by atoms with Gasteiger partial charge in [0.1, 0.15) is 9.84 Å². The molecular weight excluding hydrogens is 364 g/mol. The lowest BCUT2D eigenvalue weighted by Gasteiger charge is -2.27. The van der Waals surface area contributed by atoms with E-state index in [-0.39, 0.29) is 15.6 Å². The summed E-state index contributed by atoms with van der Waals surface area (Å²) in [6.45, 7) is 0. The molecule has 0 fully saturated rings. The van der Waals surface area contributed by atoms with E-state index < -0.39 is 33.8 Å². The Morgan fingerprint density at radius 2 is 1.82 bits per heavy atom. The SMILES string of the molecule is CS(=O)(=O)CCC(O)(/C=C/c1ccc(Cl)c(Cl)c1)C(F)(F)F. The van der Waals surface area contributed by atoms with E-state index >= 15 is 0 Å². The van der Waals surface area contributed by atoms with Gasteiger partial charge in [0.15, 0.2) is 5.60 Å². The Balaban J connectivity index is 3.07. The van der Waals surface area contributed by atoms with Crippen LogP contribution >= 0.6 is 23.2 Å². The molecule has 1 unspecified atom stereocenters. The summed E-state index contributed by atoms with van der Waals surface area (Å²) in [4.78, 5) is 0. The third-order valence-electron chi connectivity index (χ3n) is 2.84. The van der Waals surface area contributed by atoms with Crippen LogP contribution in [0, 0.1) is 0 Å². The van der Waals surface area contributed by atoms with Crippen LogP contribution in [0.3, 0.4) is 0 Å². The second kappa shape index (κ2) is 6.78. The van der Waals surface area contributed by atoms with Crippen LogP contribution in [-0.2, 0) is 9.84 Å². The average Bonchev–Trinajstić information content (AvgIpc) is 2.35. The molecular formula is C13H13Cl2F3O3S. The molecule has 1 aromatic carbocycles. The maximum Gasteiger partial charge on any atom is 0.420 e. The van der Waals surface area contributed by atoms with Gasteiger partial charge in [0.25, 0.3) is 0 Å². The molecule has 0 amide bonds. The molecule has 0 radical (unpaired) electrons. The molecule has 0 saturated heterocycles. The Labute approximate surface area is 136 Å². The number of hydrogen-bond acceptors (Lipinski definition) is 3. The van der Waals surface area contributed by atoms with Crippen molar-refractivity contribution in [3.8, 4) is 0 Å².